The van der Waals surface area contributed by atoms with Gasteiger partial charge in [0.05, 0.1) is 10.5 Å². The number of aromatic hydroxyl groups is 1. The number of nitrogens with one attached hydrogen (secondary N) is 1. The van der Waals surface area contributed by atoms with Gasteiger partial charge in [-0.15, -0.1) is 0 Å². The van der Waals surface area contributed by atoms with Crippen LogP contribution in [0.3, 0.4) is 0 Å². The van der Waals surface area contributed by atoms with Crippen molar-refractivity contribution >= 4 is 11.6 Å². The molecule has 0 radical (unpaired) electrons. The molecule has 2 aromatic rings. The van der Waals surface area contributed by atoms with Crippen molar-refractivity contribution in [2.24, 2.45) is 0 Å². The smallest absolute Gasteiger partial charge is 0.311 e. The van der Waals surface area contributed by atoms with Crippen LogP contribution in [0.25, 0.3) is 0 Å². The van der Waals surface area contributed by atoms with Crippen LogP contribution in [-0.4, -0.2) is 27.5 Å². The third-order valence-electron chi connectivity index (χ3n) is 2.88. The molecule has 0 fully saturated rings. The molecule has 2 rings (SSSR count). The first kappa shape index (κ1) is 14.4. The number of amides is 1. The lowest BCUT2D eigenvalue weighted by atomic mass is 10.1. The average Bonchev–Trinajstić information content (AvgIpc) is 2.48. The number of phenolic OH excluding ortho intramolecular Hbond substituents is 1. The molecular weight excluding hydrogens is 274 g/mol. The Kier molecular flexibility index (Phi) is 4.45. The van der Waals surface area contributed by atoms with E-state index in [1.807, 2.05) is 6.07 Å². The Morgan fingerprint density at radius 1 is 1.33 bits per heavy atom. The van der Waals surface area contributed by atoms with Crippen molar-refractivity contribution in [3.63, 3.8) is 0 Å². The molecule has 21 heavy (non-hydrogen) atoms. The number of para-hydroxylation sites is 1. The van der Waals surface area contributed by atoms with E-state index in [1.54, 1.807) is 18.5 Å². The Labute approximate surface area is 120 Å². The summed E-state index contributed by atoms with van der Waals surface area (Å²) in [4.78, 5) is 25.8. The van der Waals surface area contributed by atoms with Crippen molar-refractivity contribution < 1.29 is 14.8 Å². The van der Waals surface area contributed by atoms with Crippen LogP contribution in [0.4, 0.5) is 5.69 Å². The highest BCUT2D eigenvalue weighted by Gasteiger charge is 2.20. The van der Waals surface area contributed by atoms with Gasteiger partial charge < -0.3 is 10.4 Å². The van der Waals surface area contributed by atoms with Gasteiger partial charge in [-0.25, -0.2) is 0 Å². The molecule has 0 aliphatic heterocycles. The highest BCUT2D eigenvalue weighted by atomic mass is 16.6. The first-order valence-corrected chi connectivity index (χ1v) is 6.23. The van der Waals surface area contributed by atoms with Gasteiger partial charge in [0.15, 0.2) is 0 Å². The molecule has 0 spiro atoms. The Morgan fingerprint density at radius 2 is 2.14 bits per heavy atom. The Bertz CT molecular complexity index is 659. The van der Waals surface area contributed by atoms with Crippen molar-refractivity contribution in [1.82, 2.24) is 10.3 Å². The summed E-state index contributed by atoms with van der Waals surface area (Å²) in [6, 6.07) is 7.50. The molecule has 0 unspecified atom stereocenters. The molecule has 1 amide bonds. The summed E-state index contributed by atoms with van der Waals surface area (Å²) >= 11 is 0. The molecule has 7 nitrogen and oxygen atoms in total. The maximum absolute atomic E-state index is 11.9. The van der Waals surface area contributed by atoms with Crippen LogP contribution < -0.4 is 5.32 Å². The fourth-order valence-corrected chi connectivity index (χ4v) is 1.82. The Morgan fingerprint density at radius 3 is 2.81 bits per heavy atom. The fraction of sp³-hybridized carbons (Fsp3) is 0.143. The Balaban J connectivity index is 2.01. The topological polar surface area (TPSA) is 105 Å². The minimum absolute atomic E-state index is 0.115. The zero-order valence-electron chi connectivity index (χ0n) is 11.0. The number of hydrogen-bond acceptors (Lipinski definition) is 5. The van der Waals surface area contributed by atoms with E-state index in [1.165, 1.54) is 12.1 Å². The van der Waals surface area contributed by atoms with Gasteiger partial charge in [0.1, 0.15) is 0 Å². The lowest BCUT2D eigenvalue weighted by Gasteiger charge is -2.07. The SMILES string of the molecule is O=C(NCCc1cccnc1)c1cccc([N+](=O)[O-])c1O. The number of hydrogen-bond donors (Lipinski definition) is 2. The molecule has 7 heteroatoms. The Hall–Kier alpha value is -2.96. The fourth-order valence-electron chi connectivity index (χ4n) is 1.82. The number of pyridine rings is 1. The second-order valence-corrected chi connectivity index (χ2v) is 4.30. The molecule has 1 heterocycles. The third kappa shape index (κ3) is 3.53. The number of aromatic nitrogens is 1. The molecule has 0 bridgehead atoms. The molecule has 0 aliphatic rings. The number of nitrogens with zero attached hydrogens (tertiary/aromatic N) is 2. The van der Waals surface area contributed by atoms with Crippen LogP contribution in [0.15, 0.2) is 42.7 Å². The van der Waals surface area contributed by atoms with Crippen LogP contribution in [0.5, 0.6) is 5.75 Å². The number of nitro groups is 1. The van der Waals surface area contributed by atoms with Crippen molar-refractivity contribution in [1.29, 1.82) is 0 Å². The highest BCUT2D eigenvalue weighted by Crippen LogP contribution is 2.28. The van der Waals surface area contributed by atoms with E-state index in [0.717, 1.165) is 11.6 Å². The van der Waals surface area contributed by atoms with E-state index >= 15 is 0 Å². The number of carbonyl (C=O) groups excluding carboxylic acids is 1. The van der Waals surface area contributed by atoms with Crippen LogP contribution in [0.1, 0.15) is 15.9 Å². The lowest BCUT2D eigenvalue weighted by Crippen LogP contribution is -2.25. The third-order valence-corrected chi connectivity index (χ3v) is 2.88. The molecule has 1 aromatic carbocycles. The van der Waals surface area contributed by atoms with E-state index < -0.39 is 22.3 Å². The lowest BCUT2D eigenvalue weighted by molar-refractivity contribution is -0.385. The molecule has 2 N–H and O–H groups in total. The minimum Gasteiger partial charge on any atom is -0.502 e. The van der Waals surface area contributed by atoms with Crippen LogP contribution in [-0.2, 0) is 6.42 Å². The highest BCUT2D eigenvalue weighted by molar-refractivity contribution is 5.98. The summed E-state index contributed by atoms with van der Waals surface area (Å²) in [5, 5.41) is 23.0. The van der Waals surface area contributed by atoms with Gasteiger partial charge in [0.2, 0.25) is 5.75 Å². The van der Waals surface area contributed by atoms with Crippen LogP contribution >= 0.6 is 0 Å². The zero-order chi connectivity index (χ0) is 15.2. The molecule has 0 saturated carbocycles. The quantitative estimate of drug-likeness (QED) is 0.642. The zero-order valence-corrected chi connectivity index (χ0v) is 11.0. The van der Waals surface area contributed by atoms with Crippen molar-refractivity contribution in [3.05, 3.63) is 64.0 Å². The molecule has 0 atom stereocenters. The van der Waals surface area contributed by atoms with Crippen LogP contribution in [0, 0.1) is 10.1 Å². The second kappa shape index (κ2) is 6.47. The average molecular weight is 287 g/mol. The standard InChI is InChI=1S/C14H13N3O4/c18-13-11(4-1-5-12(13)17(20)21)14(19)16-8-6-10-3-2-7-15-9-10/h1-5,7,9,18H,6,8H2,(H,16,19). The summed E-state index contributed by atoms with van der Waals surface area (Å²) in [6.07, 6.45) is 3.93. The predicted octanol–water partition coefficient (Wildman–Crippen LogP) is 1.67. The van der Waals surface area contributed by atoms with E-state index in [0.29, 0.717) is 13.0 Å². The van der Waals surface area contributed by atoms with Crippen molar-refractivity contribution in [2.45, 2.75) is 6.42 Å². The largest absolute Gasteiger partial charge is 0.502 e. The van der Waals surface area contributed by atoms with Gasteiger partial charge >= 0.3 is 5.69 Å². The summed E-state index contributed by atoms with van der Waals surface area (Å²) in [5.74, 6) is -1.18. The van der Waals surface area contributed by atoms with Gasteiger partial charge in [-0.1, -0.05) is 12.1 Å². The molecular formula is C14H13N3O4. The number of carbonyl (C=O) groups is 1. The number of nitro benzene ring substituents is 1. The molecule has 0 saturated heterocycles. The van der Waals surface area contributed by atoms with Crippen molar-refractivity contribution in [3.8, 4) is 5.75 Å². The molecule has 108 valence electrons. The van der Waals surface area contributed by atoms with E-state index in [4.69, 9.17) is 0 Å². The molecule has 0 aliphatic carbocycles. The van der Waals surface area contributed by atoms with Gasteiger partial charge in [-0.2, -0.15) is 0 Å². The minimum atomic E-state index is -0.734. The van der Waals surface area contributed by atoms with Crippen LogP contribution in [0.2, 0.25) is 0 Å². The summed E-state index contributed by atoms with van der Waals surface area (Å²) in [7, 11) is 0. The van der Waals surface area contributed by atoms with Gasteiger partial charge in [-0.05, 0) is 24.1 Å². The monoisotopic (exact) mass is 287 g/mol. The summed E-state index contributed by atoms with van der Waals surface area (Å²) < 4.78 is 0. The van der Waals surface area contributed by atoms with Gasteiger partial charge in [0, 0.05) is 25.0 Å². The first-order valence-electron chi connectivity index (χ1n) is 6.23. The number of phenols is 1. The number of benzene rings is 1. The van der Waals surface area contributed by atoms with E-state index in [2.05, 4.69) is 10.3 Å². The van der Waals surface area contributed by atoms with Crippen molar-refractivity contribution in [2.75, 3.05) is 6.54 Å². The summed E-state index contributed by atoms with van der Waals surface area (Å²) in [5.41, 5.74) is 0.353. The second-order valence-electron chi connectivity index (χ2n) is 4.30. The van der Waals surface area contributed by atoms with Gasteiger partial charge in [-0.3, -0.25) is 19.9 Å². The normalized spacial score (nSPS) is 10.1. The van der Waals surface area contributed by atoms with E-state index in [9.17, 15) is 20.0 Å². The molecule has 1 aromatic heterocycles. The van der Waals surface area contributed by atoms with Gasteiger partial charge in [0.25, 0.3) is 5.91 Å². The first-order chi connectivity index (χ1) is 10.1. The summed E-state index contributed by atoms with van der Waals surface area (Å²) in [6.45, 7) is 0.340. The van der Waals surface area contributed by atoms with E-state index in [-0.39, 0.29) is 5.56 Å². The maximum Gasteiger partial charge on any atom is 0.311 e. The maximum atomic E-state index is 11.9. The predicted molar refractivity (Wildman–Crippen MR) is 75.0 cm³/mol. The number of rotatable bonds is 5.